The van der Waals surface area contributed by atoms with Crippen molar-refractivity contribution in [1.29, 1.82) is 0 Å². The van der Waals surface area contributed by atoms with Crippen molar-refractivity contribution in [1.82, 2.24) is 5.32 Å². The molecule has 0 heterocycles. The number of aryl methyl sites for hydroxylation is 2. The summed E-state index contributed by atoms with van der Waals surface area (Å²) in [4.78, 5) is 0. The van der Waals surface area contributed by atoms with Crippen molar-refractivity contribution in [3.8, 4) is 0 Å². The minimum absolute atomic E-state index is 0.268. The summed E-state index contributed by atoms with van der Waals surface area (Å²) in [5.41, 5.74) is 3.85. The number of hydrogen-bond acceptors (Lipinski definition) is 2. The highest BCUT2D eigenvalue weighted by atomic mass is 19.3. The molecule has 0 radical (unpaired) electrons. The molecule has 4 heteroatoms. The van der Waals surface area contributed by atoms with Crippen LogP contribution in [0.2, 0.25) is 0 Å². The van der Waals surface area contributed by atoms with Crippen LogP contribution in [-0.4, -0.2) is 32.2 Å². The summed E-state index contributed by atoms with van der Waals surface area (Å²) < 4.78 is 29.1. The van der Waals surface area contributed by atoms with E-state index in [0.717, 1.165) is 25.8 Å². The van der Waals surface area contributed by atoms with Crippen molar-refractivity contribution in [3.05, 3.63) is 34.9 Å². The predicted molar refractivity (Wildman–Crippen MR) is 83.1 cm³/mol. The Morgan fingerprint density at radius 1 is 1.19 bits per heavy atom. The molecule has 0 saturated heterocycles. The molecule has 1 atom stereocenters. The van der Waals surface area contributed by atoms with Gasteiger partial charge in [-0.25, -0.2) is 8.78 Å². The second kappa shape index (κ2) is 9.85. The Kier molecular flexibility index (Phi) is 8.47. The molecule has 0 aliphatic heterocycles. The van der Waals surface area contributed by atoms with Crippen LogP contribution in [-0.2, 0) is 11.2 Å². The van der Waals surface area contributed by atoms with Gasteiger partial charge in [-0.3, -0.25) is 0 Å². The standard InChI is InChI=1S/C17H27F2NO/c1-4-8-20-16(7-9-21-12-17(18)19)11-15-6-5-13(2)14(3)10-15/h5-6,10,16-17,20H,4,7-9,11-12H2,1-3H3. The Balaban J connectivity index is 2.49. The van der Waals surface area contributed by atoms with E-state index in [4.69, 9.17) is 4.74 Å². The van der Waals surface area contributed by atoms with Gasteiger partial charge >= 0.3 is 0 Å². The summed E-state index contributed by atoms with van der Waals surface area (Å²) in [5.74, 6) is 0. The zero-order valence-electron chi connectivity index (χ0n) is 13.3. The lowest BCUT2D eigenvalue weighted by Gasteiger charge is -2.19. The molecule has 21 heavy (non-hydrogen) atoms. The van der Waals surface area contributed by atoms with Crippen LogP contribution in [0, 0.1) is 13.8 Å². The van der Waals surface area contributed by atoms with Gasteiger partial charge in [0, 0.05) is 12.6 Å². The second-order valence-electron chi connectivity index (χ2n) is 5.53. The minimum atomic E-state index is -2.38. The van der Waals surface area contributed by atoms with Crippen LogP contribution in [0.5, 0.6) is 0 Å². The lowest BCUT2D eigenvalue weighted by molar-refractivity contribution is 0.0144. The molecule has 0 aliphatic rings. The first-order valence-corrected chi connectivity index (χ1v) is 7.68. The molecule has 120 valence electrons. The highest BCUT2D eigenvalue weighted by molar-refractivity contribution is 5.30. The van der Waals surface area contributed by atoms with Crippen LogP contribution in [0.3, 0.4) is 0 Å². The number of rotatable bonds is 10. The maximum absolute atomic E-state index is 12.1. The Labute approximate surface area is 126 Å². The van der Waals surface area contributed by atoms with Crippen LogP contribution in [0.1, 0.15) is 36.5 Å². The van der Waals surface area contributed by atoms with E-state index >= 15 is 0 Å². The first kappa shape index (κ1) is 18.1. The third-order valence-corrected chi connectivity index (χ3v) is 3.59. The number of hydrogen-bond donors (Lipinski definition) is 1. The summed E-state index contributed by atoms with van der Waals surface area (Å²) in [6, 6.07) is 6.75. The molecular weight excluding hydrogens is 272 g/mol. The third-order valence-electron chi connectivity index (χ3n) is 3.59. The van der Waals surface area contributed by atoms with Crippen LogP contribution in [0.4, 0.5) is 8.78 Å². The second-order valence-corrected chi connectivity index (χ2v) is 5.53. The SMILES string of the molecule is CCCNC(CCOCC(F)F)Cc1ccc(C)c(C)c1. The molecule has 0 bridgehead atoms. The molecule has 0 aliphatic carbocycles. The average Bonchev–Trinajstić information content (AvgIpc) is 2.44. The highest BCUT2D eigenvalue weighted by Gasteiger charge is 2.10. The van der Waals surface area contributed by atoms with Gasteiger partial charge in [0.2, 0.25) is 0 Å². The Hall–Kier alpha value is -1.00. The van der Waals surface area contributed by atoms with Crippen LogP contribution in [0.15, 0.2) is 18.2 Å². The summed E-state index contributed by atoms with van der Waals surface area (Å²) in [6.07, 6.45) is 0.326. The quantitative estimate of drug-likeness (QED) is 0.662. The van der Waals surface area contributed by atoms with Crippen molar-refractivity contribution in [2.45, 2.75) is 52.5 Å². The maximum Gasteiger partial charge on any atom is 0.261 e. The van der Waals surface area contributed by atoms with E-state index < -0.39 is 13.0 Å². The van der Waals surface area contributed by atoms with E-state index in [2.05, 4.69) is 44.3 Å². The van der Waals surface area contributed by atoms with Crippen molar-refractivity contribution in [3.63, 3.8) is 0 Å². The van der Waals surface area contributed by atoms with Gasteiger partial charge in [0.25, 0.3) is 6.43 Å². The van der Waals surface area contributed by atoms with Gasteiger partial charge in [0.1, 0.15) is 6.61 Å². The van der Waals surface area contributed by atoms with Gasteiger partial charge < -0.3 is 10.1 Å². The van der Waals surface area contributed by atoms with Gasteiger partial charge in [0.05, 0.1) is 0 Å². The van der Waals surface area contributed by atoms with E-state index in [1.165, 1.54) is 16.7 Å². The molecule has 0 saturated carbocycles. The molecule has 1 aromatic rings. The lowest BCUT2D eigenvalue weighted by atomic mass is 9.99. The zero-order valence-corrected chi connectivity index (χ0v) is 13.3. The molecule has 0 fully saturated rings. The molecule has 0 aromatic heterocycles. The predicted octanol–water partition coefficient (Wildman–Crippen LogP) is 3.89. The largest absolute Gasteiger partial charge is 0.375 e. The highest BCUT2D eigenvalue weighted by Crippen LogP contribution is 2.13. The summed E-state index contributed by atoms with van der Waals surface area (Å²) in [5, 5.41) is 3.47. The van der Waals surface area contributed by atoms with Crippen molar-refractivity contribution in [2.75, 3.05) is 19.8 Å². The number of halogens is 2. The van der Waals surface area contributed by atoms with E-state index in [0.29, 0.717) is 6.61 Å². The molecule has 1 unspecified atom stereocenters. The van der Waals surface area contributed by atoms with Gasteiger partial charge in [-0.15, -0.1) is 0 Å². The van der Waals surface area contributed by atoms with Crippen LogP contribution < -0.4 is 5.32 Å². The molecule has 0 amide bonds. The fraction of sp³-hybridized carbons (Fsp3) is 0.647. The topological polar surface area (TPSA) is 21.3 Å². The number of ether oxygens (including phenoxy) is 1. The molecule has 1 N–H and O–H groups in total. The number of benzene rings is 1. The summed E-state index contributed by atoms with van der Waals surface area (Å²) in [6.45, 7) is 7.17. The number of nitrogens with one attached hydrogen (secondary N) is 1. The van der Waals surface area contributed by atoms with Crippen molar-refractivity contribution < 1.29 is 13.5 Å². The van der Waals surface area contributed by atoms with Crippen molar-refractivity contribution >= 4 is 0 Å². The van der Waals surface area contributed by atoms with E-state index in [1.54, 1.807) is 0 Å². The molecular formula is C17H27F2NO. The maximum atomic E-state index is 12.1. The molecule has 2 nitrogen and oxygen atoms in total. The van der Waals surface area contributed by atoms with Gasteiger partial charge in [-0.1, -0.05) is 25.1 Å². The number of alkyl halides is 2. The van der Waals surface area contributed by atoms with Gasteiger partial charge in [0.15, 0.2) is 0 Å². The summed E-state index contributed by atoms with van der Waals surface area (Å²) >= 11 is 0. The first-order chi connectivity index (χ1) is 10.0. The van der Waals surface area contributed by atoms with Crippen LogP contribution >= 0.6 is 0 Å². The fourth-order valence-corrected chi connectivity index (χ4v) is 2.24. The zero-order chi connectivity index (χ0) is 15.7. The summed E-state index contributed by atoms with van der Waals surface area (Å²) in [7, 11) is 0. The van der Waals surface area contributed by atoms with E-state index in [1.807, 2.05) is 0 Å². The van der Waals surface area contributed by atoms with Crippen LogP contribution in [0.25, 0.3) is 0 Å². The van der Waals surface area contributed by atoms with E-state index in [9.17, 15) is 8.78 Å². The van der Waals surface area contributed by atoms with Gasteiger partial charge in [-0.2, -0.15) is 0 Å². The average molecular weight is 299 g/mol. The first-order valence-electron chi connectivity index (χ1n) is 7.68. The lowest BCUT2D eigenvalue weighted by Crippen LogP contribution is -2.33. The molecule has 0 spiro atoms. The Bertz CT molecular complexity index is 410. The Morgan fingerprint density at radius 2 is 1.95 bits per heavy atom. The normalized spacial score (nSPS) is 12.9. The Morgan fingerprint density at radius 3 is 2.57 bits per heavy atom. The fourth-order valence-electron chi connectivity index (χ4n) is 2.24. The monoisotopic (exact) mass is 299 g/mol. The van der Waals surface area contributed by atoms with Crippen molar-refractivity contribution in [2.24, 2.45) is 0 Å². The molecule has 1 aromatic carbocycles. The molecule has 1 rings (SSSR count). The van der Waals surface area contributed by atoms with E-state index in [-0.39, 0.29) is 6.04 Å². The van der Waals surface area contributed by atoms with Gasteiger partial charge in [-0.05, 0) is 56.3 Å². The minimum Gasteiger partial charge on any atom is -0.375 e. The third kappa shape index (κ3) is 7.53. The smallest absolute Gasteiger partial charge is 0.261 e.